The van der Waals surface area contributed by atoms with Crippen LogP contribution < -0.4 is 10.2 Å². The molecule has 0 unspecified atom stereocenters. The fourth-order valence-electron chi connectivity index (χ4n) is 1.86. The SMILES string of the molecule is O=C1CN(c2nc(Cl)nc(-n3cncn3)n2)CCCN1. The molecule has 9 nitrogen and oxygen atoms in total. The molecule has 0 bridgehead atoms. The van der Waals surface area contributed by atoms with Crippen LogP contribution in [0, 0.1) is 0 Å². The average Bonchev–Trinajstić information content (AvgIpc) is 2.87. The van der Waals surface area contributed by atoms with Crippen LogP contribution in [0.25, 0.3) is 5.95 Å². The molecular formula is C10H11ClN8O. The molecule has 1 aliphatic heterocycles. The lowest BCUT2D eigenvalue weighted by atomic mass is 10.4. The van der Waals surface area contributed by atoms with Crippen LogP contribution in [0.1, 0.15) is 6.42 Å². The second kappa shape index (κ2) is 5.37. The Morgan fingerprint density at radius 2 is 2.10 bits per heavy atom. The molecule has 0 aliphatic carbocycles. The summed E-state index contributed by atoms with van der Waals surface area (Å²) in [5.74, 6) is 0.552. The third-order valence-electron chi connectivity index (χ3n) is 2.75. The van der Waals surface area contributed by atoms with Crippen molar-refractivity contribution in [1.29, 1.82) is 0 Å². The zero-order chi connectivity index (χ0) is 13.9. The maximum absolute atomic E-state index is 11.6. The molecule has 1 aliphatic rings. The van der Waals surface area contributed by atoms with Crippen molar-refractivity contribution in [3.05, 3.63) is 17.9 Å². The zero-order valence-corrected chi connectivity index (χ0v) is 11.2. The van der Waals surface area contributed by atoms with E-state index < -0.39 is 0 Å². The summed E-state index contributed by atoms with van der Waals surface area (Å²) < 4.78 is 1.38. The van der Waals surface area contributed by atoms with Gasteiger partial charge in [0.25, 0.3) is 5.95 Å². The van der Waals surface area contributed by atoms with Crippen LogP contribution in [0.15, 0.2) is 12.7 Å². The van der Waals surface area contributed by atoms with Gasteiger partial charge in [-0.25, -0.2) is 4.98 Å². The Hall–Kier alpha value is -2.29. The van der Waals surface area contributed by atoms with Gasteiger partial charge in [0.2, 0.25) is 17.1 Å². The lowest BCUT2D eigenvalue weighted by Crippen LogP contribution is -2.34. The highest BCUT2D eigenvalue weighted by molar-refractivity contribution is 6.28. The van der Waals surface area contributed by atoms with Crippen LogP contribution in [-0.2, 0) is 4.79 Å². The van der Waals surface area contributed by atoms with Gasteiger partial charge in [-0.05, 0) is 18.0 Å². The van der Waals surface area contributed by atoms with Gasteiger partial charge in [0, 0.05) is 13.1 Å². The number of hydrogen-bond donors (Lipinski definition) is 1. The van der Waals surface area contributed by atoms with Crippen LogP contribution in [0.3, 0.4) is 0 Å². The highest BCUT2D eigenvalue weighted by Gasteiger charge is 2.19. The van der Waals surface area contributed by atoms with E-state index in [4.69, 9.17) is 11.6 Å². The van der Waals surface area contributed by atoms with E-state index in [2.05, 4.69) is 30.4 Å². The minimum Gasteiger partial charge on any atom is -0.354 e. The van der Waals surface area contributed by atoms with Crippen LogP contribution in [0.2, 0.25) is 5.28 Å². The maximum Gasteiger partial charge on any atom is 0.258 e. The number of nitrogens with one attached hydrogen (secondary N) is 1. The van der Waals surface area contributed by atoms with E-state index in [0.717, 1.165) is 6.42 Å². The molecule has 20 heavy (non-hydrogen) atoms. The minimum atomic E-state index is -0.0682. The van der Waals surface area contributed by atoms with Gasteiger partial charge in [0.15, 0.2) is 0 Å². The molecule has 0 atom stereocenters. The van der Waals surface area contributed by atoms with E-state index in [0.29, 0.717) is 19.0 Å². The summed E-state index contributed by atoms with van der Waals surface area (Å²) in [6.45, 7) is 1.50. The number of carbonyl (C=O) groups is 1. The third-order valence-corrected chi connectivity index (χ3v) is 2.92. The maximum atomic E-state index is 11.6. The van der Waals surface area contributed by atoms with E-state index in [1.54, 1.807) is 4.90 Å². The smallest absolute Gasteiger partial charge is 0.258 e. The Morgan fingerprint density at radius 1 is 1.25 bits per heavy atom. The van der Waals surface area contributed by atoms with Gasteiger partial charge >= 0.3 is 0 Å². The number of nitrogens with zero attached hydrogens (tertiary/aromatic N) is 7. The van der Waals surface area contributed by atoms with E-state index >= 15 is 0 Å². The Balaban J connectivity index is 1.94. The zero-order valence-electron chi connectivity index (χ0n) is 10.4. The van der Waals surface area contributed by atoms with Crippen molar-refractivity contribution in [3.63, 3.8) is 0 Å². The van der Waals surface area contributed by atoms with Crippen molar-refractivity contribution in [2.24, 2.45) is 0 Å². The Labute approximate surface area is 119 Å². The summed E-state index contributed by atoms with van der Waals surface area (Å²) in [6, 6.07) is 0. The predicted octanol–water partition coefficient (Wildman–Crippen LogP) is -0.568. The van der Waals surface area contributed by atoms with Crippen LogP contribution in [-0.4, -0.2) is 55.3 Å². The van der Waals surface area contributed by atoms with Crippen molar-refractivity contribution >= 4 is 23.5 Å². The molecule has 1 saturated heterocycles. The van der Waals surface area contributed by atoms with Crippen molar-refractivity contribution in [3.8, 4) is 5.95 Å². The van der Waals surface area contributed by atoms with Crippen molar-refractivity contribution < 1.29 is 4.79 Å². The monoisotopic (exact) mass is 294 g/mol. The third kappa shape index (κ3) is 2.67. The molecule has 104 valence electrons. The summed E-state index contributed by atoms with van der Waals surface area (Å²) in [5.41, 5.74) is 0. The van der Waals surface area contributed by atoms with E-state index in [1.807, 2.05) is 0 Å². The van der Waals surface area contributed by atoms with Crippen LogP contribution in [0.4, 0.5) is 5.95 Å². The molecule has 1 fully saturated rings. The van der Waals surface area contributed by atoms with Gasteiger partial charge in [-0.15, -0.1) is 0 Å². The second-order valence-corrected chi connectivity index (χ2v) is 4.51. The highest BCUT2D eigenvalue weighted by Crippen LogP contribution is 2.14. The van der Waals surface area contributed by atoms with Crippen molar-refractivity contribution in [1.82, 2.24) is 35.0 Å². The van der Waals surface area contributed by atoms with Gasteiger partial charge in [0.1, 0.15) is 12.7 Å². The largest absolute Gasteiger partial charge is 0.354 e. The fourth-order valence-corrected chi connectivity index (χ4v) is 2.01. The fraction of sp³-hybridized carbons (Fsp3) is 0.400. The van der Waals surface area contributed by atoms with E-state index in [1.165, 1.54) is 17.3 Å². The minimum absolute atomic E-state index is 0.0464. The molecule has 1 N–H and O–H groups in total. The Bertz CT molecular complexity index is 616. The van der Waals surface area contributed by atoms with Gasteiger partial charge in [-0.3, -0.25) is 4.79 Å². The van der Waals surface area contributed by atoms with Crippen LogP contribution >= 0.6 is 11.6 Å². The Kier molecular flexibility index (Phi) is 3.42. The second-order valence-electron chi connectivity index (χ2n) is 4.17. The molecule has 2 aromatic rings. The molecule has 0 saturated carbocycles. The topological polar surface area (TPSA) is 102 Å². The number of anilines is 1. The van der Waals surface area contributed by atoms with Gasteiger partial charge < -0.3 is 10.2 Å². The Morgan fingerprint density at radius 3 is 2.90 bits per heavy atom. The number of amides is 1. The molecule has 3 heterocycles. The number of carbonyl (C=O) groups excluding carboxylic acids is 1. The highest BCUT2D eigenvalue weighted by atomic mass is 35.5. The first kappa shape index (κ1) is 12.7. The summed E-state index contributed by atoms with van der Waals surface area (Å²) in [5, 5.41) is 6.78. The van der Waals surface area contributed by atoms with Crippen molar-refractivity contribution in [2.75, 3.05) is 24.5 Å². The van der Waals surface area contributed by atoms with Crippen molar-refractivity contribution in [2.45, 2.75) is 6.42 Å². The lowest BCUT2D eigenvalue weighted by molar-refractivity contribution is -0.119. The summed E-state index contributed by atoms with van der Waals surface area (Å²) in [4.78, 5) is 29.5. The summed E-state index contributed by atoms with van der Waals surface area (Å²) in [7, 11) is 0. The number of halogens is 1. The summed E-state index contributed by atoms with van der Waals surface area (Å²) >= 11 is 5.91. The lowest BCUT2D eigenvalue weighted by Gasteiger charge is -2.18. The normalized spacial score (nSPS) is 15.8. The van der Waals surface area contributed by atoms with E-state index in [9.17, 15) is 4.79 Å². The van der Waals surface area contributed by atoms with E-state index in [-0.39, 0.29) is 23.7 Å². The quantitative estimate of drug-likeness (QED) is 0.791. The average molecular weight is 295 g/mol. The molecular weight excluding hydrogens is 284 g/mol. The molecule has 0 aromatic carbocycles. The van der Waals surface area contributed by atoms with Gasteiger partial charge in [-0.1, -0.05) is 0 Å². The molecule has 10 heteroatoms. The molecule has 0 spiro atoms. The molecule has 1 amide bonds. The predicted molar refractivity (Wildman–Crippen MR) is 69.6 cm³/mol. The molecule has 2 aromatic heterocycles. The van der Waals surface area contributed by atoms with Crippen LogP contribution in [0.5, 0.6) is 0 Å². The number of rotatable bonds is 2. The van der Waals surface area contributed by atoms with Gasteiger partial charge in [-0.2, -0.15) is 24.7 Å². The number of hydrogen-bond acceptors (Lipinski definition) is 7. The molecule has 0 radical (unpaired) electrons. The first-order chi connectivity index (χ1) is 9.72. The first-order valence-corrected chi connectivity index (χ1v) is 6.38. The first-order valence-electron chi connectivity index (χ1n) is 6.00. The standard InChI is InChI=1S/C10H11ClN8O/c11-8-15-9(18-3-1-2-13-7(20)4-18)17-10(16-8)19-6-12-5-14-19/h5-6H,1-4H2,(H,13,20). The summed E-state index contributed by atoms with van der Waals surface area (Å²) in [6.07, 6.45) is 3.65. The van der Waals surface area contributed by atoms with Gasteiger partial charge in [0.05, 0.1) is 6.54 Å². The number of aromatic nitrogens is 6. The molecule has 3 rings (SSSR count).